The quantitative estimate of drug-likeness (QED) is 0.281. The van der Waals surface area contributed by atoms with Crippen LogP contribution in [0.15, 0.2) is 23.1 Å². The lowest BCUT2D eigenvalue weighted by Crippen LogP contribution is -2.56. The highest BCUT2D eigenvalue weighted by Gasteiger charge is 2.48. The highest BCUT2D eigenvalue weighted by atomic mass is 32.1. The molecule has 0 aromatic carbocycles. The minimum atomic E-state index is -1.23. The van der Waals surface area contributed by atoms with Crippen molar-refractivity contribution in [3.63, 3.8) is 0 Å². The number of likely N-dealkylation sites (N-methyl/N-ethyl adjacent to an activating group) is 1. The molecule has 0 unspecified atom stereocenters. The van der Waals surface area contributed by atoms with Gasteiger partial charge in [-0.2, -0.15) is 0 Å². The van der Waals surface area contributed by atoms with Gasteiger partial charge in [0.2, 0.25) is 17.6 Å². The number of anilines is 1. The van der Waals surface area contributed by atoms with Gasteiger partial charge < -0.3 is 25.8 Å². The second kappa shape index (κ2) is 12.8. The first kappa shape index (κ1) is 30.6. The Kier molecular flexibility index (Phi) is 9.09. The number of rotatable bonds is 11. The Morgan fingerprint density at radius 1 is 1.05 bits per heavy atom. The van der Waals surface area contributed by atoms with Crippen LogP contribution in [-0.4, -0.2) is 58.1 Å². The zero-order chi connectivity index (χ0) is 30.8. The molecule has 13 heteroatoms. The first-order chi connectivity index (χ1) is 20.5. The first-order valence-electron chi connectivity index (χ1n) is 14.8. The maximum absolute atomic E-state index is 13.3. The van der Waals surface area contributed by atoms with E-state index in [4.69, 9.17) is 0 Å². The number of amides is 4. The number of pyridine rings is 1. The van der Waals surface area contributed by atoms with Crippen LogP contribution in [0.2, 0.25) is 0 Å². The molecule has 2 heterocycles. The van der Waals surface area contributed by atoms with Crippen LogP contribution < -0.4 is 26.8 Å². The van der Waals surface area contributed by atoms with Crippen molar-refractivity contribution in [3.05, 3.63) is 44.3 Å². The summed E-state index contributed by atoms with van der Waals surface area (Å²) < 4.78 is 1.24. The maximum Gasteiger partial charge on any atom is 0.287 e. The molecule has 4 saturated carbocycles. The minimum Gasteiger partial charge on any atom is -0.353 e. The van der Waals surface area contributed by atoms with Crippen LogP contribution in [0, 0.1) is 37.5 Å². The number of nitrogens with zero attached hydrogens (tertiary/aromatic N) is 2. The van der Waals surface area contributed by atoms with Crippen LogP contribution in [0.4, 0.5) is 5.69 Å². The van der Waals surface area contributed by atoms with Gasteiger partial charge in [0.1, 0.15) is 23.2 Å². The predicted molar refractivity (Wildman–Crippen MR) is 159 cm³/mol. The molecule has 2 aromatic rings. The Bertz CT molecular complexity index is 1470. The van der Waals surface area contributed by atoms with E-state index in [2.05, 4.69) is 26.3 Å². The third-order valence-electron chi connectivity index (χ3n) is 9.02. The van der Waals surface area contributed by atoms with E-state index in [0.29, 0.717) is 27.4 Å². The number of nitrogens with one attached hydrogen (secondary N) is 4. The molecule has 1 atom stereocenters. The van der Waals surface area contributed by atoms with Gasteiger partial charge in [-0.15, -0.1) is 11.3 Å². The lowest BCUT2D eigenvalue weighted by atomic mass is 9.54. The number of carbonyl (C=O) groups excluding carboxylic acids is 5. The number of ketones is 1. The van der Waals surface area contributed by atoms with Gasteiger partial charge in [-0.05, 0) is 88.2 Å². The average molecular weight is 611 g/mol. The zero-order valence-electron chi connectivity index (χ0n) is 24.6. The monoisotopic (exact) mass is 610 g/mol. The Morgan fingerprint density at radius 2 is 1.72 bits per heavy atom. The van der Waals surface area contributed by atoms with Gasteiger partial charge in [0.25, 0.3) is 17.4 Å². The molecule has 4 aliphatic rings. The number of Topliss-reactive ketones (excluding diaryl/α,β-unsaturated/α-hetero) is 1. The number of hydrogen-bond acceptors (Lipinski definition) is 8. The van der Waals surface area contributed by atoms with Crippen LogP contribution in [-0.2, 0) is 25.7 Å². The van der Waals surface area contributed by atoms with E-state index in [1.807, 2.05) is 0 Å². The zero-order valence-corrected chi connectivity index (χ0v) is 25.4. The van der Waals surface area contributed by atoms with Crippen molar-refractivity contribution < 1.29 is 24.0 Å². The lowest BCUT2D eigenvalue weighted by molar-refractivity contribution is -0.137. The molecule has 4 fully saturated rings. The van der Waals surface area contributed by atoms with Gasteiger partial charge >= 0.3 is 0 Å². The molecule has 2 aromatic heterocycles. The van der Waals surface area contributed by atoms with Gasteiger partial charge in [0, 0.05) is 25.7 Å². The van der Waals surface area contributed by atoms with Crippen LogP contribution in [0.25, 0.3) is 0 Å². The summed E-state index contributed by atoms with van der Waals surface area (Å²) in [7, 11) is 1.32. The number of aryl methyl sites for hydroxylation is 2. The Balaban J connectivity index is 1.25. The second-order valence-electron chi connectivity index (χ2n) is 12.1. The minimum absolute atomic E-state index is 0.0726. The molecule has 6 rings (SSSR count). The molecule has 0 spiro atoms. The summed E-state index contributed by atoms with van der Waals surface area (Å²) in [5.74, 6) is -0.508. The van der Waals surface area contributed by atoms with Crippen molar-refractivity contribution in [2.45, 2.75) is 77.4 Å². The summed E-state index contributed by atoms with van der Waals surface area (Å²) >= 11 is 1.17. The van der Waals surface area contributed by atoms with E-state index in [1.54, 1.807) is 19.9 Å². The van der Waals surface area contributed by atoms with Crippen molar-refractivity contribution in [1.82, 2.24) is 25.5 Å². The molecular weight excluding hydrogens is 572 g/mol. The standard InChI is InChI=1S/C30H38N6O6S/c1-15-26(43-16(2)32-15)29(41)33-21(6-7-23(37)28(40)31-3)27(39)34-22-5-4-8-36(30(22)42)14-24(38)35-25-19-10-17-9-18(12-19)13-20(25)11-17/h4-5,8,17-21,25H,6-7,9-14H2,1-3H3,(H,31,40)(H,33,41)(H,34,39)(H,35,38)/t17?,18?,19?,20?,21-,25?/m0/s1. The fourth-order valence-corrected chi connectivity index (χ4v) is 8.11. The summed E-state index contributed by atoms with van der Waals surface area (Å²) in [6.45, 7) is 3.24. The van der Waals surface area contributed by atoms with Gasteiger partial charge in [-0.25, -0.2) is 4.98 Å². The van der Waals surface area contributed by atoms with Crippen molar-refractivity contribution in [2.24, 2.45) is 23.7 Å². The molecular formula is C30H38N6O6S. The van der Waals surface area contributed by atoms with Gasteiger partial charge in [-0.3, -0.25) is 28.8 Å². The van der Waals surface area contributed by atoms with E-state index < -0.39 is 35.1 Å². The van der Waals surface area contributed by atoms with Gasteiger partial charge in [0.15, 0.2) is 0 Å². The molecule has 0 saturated heterocycles. The Morgan fingerprint density at radius 3 is 2.33 bits per heavy atom. The predicted octanol–water partition coefficient (Wildman–Crippen LogP) is 1.69. The van der Waals surface area contributed by atoms with E-state index in [9.17, 15) is 28.8 Å². The average Bonchev–Trinajstić information content (AvgIpc) is 3.31. The van der Waals surface area contributed by atoms with Crippen LogP contribution in [0.3, 0.4) is 0 Å². The van der Waals surface area contributed by atoms with Crippen LogP contribution >= 0.6 is 11.3 Å². The number of thiazole rings is 1. The maximum atomic E-state index is 13.3. The Hall–Kier alpha value is -3.87. The van der Waals surface area contributed by atoms with Crippen LogP contribution in [0.1, 0.15) is 65.3 Å². The molecule has 4 N–H and O–H groups in total. The van der Waals surface area contributed by atoms with Gasteiger partial charge in [-0.1, -0.05) is 0 Å². The normalized spacial score (nSPS) is 24.2. The van der Waals surface area contributed by atoms with Crippen LogP contribution in [0.5, 0.6) is 0 Å². The van der Waals surface area contributed by atoms with E-state index in [1.165, 1.54) is 41.6 Å². The summed E-state index contributed by atoms with van der Waals surface area (Å²) in [6, 6.07) is 1.89. The lowest BCUT2D eigenvalue weighted by Gasteiger charge is -2.54. The van der Waals surface area contributed by atoms with Crippen molar-refractivity contribution in [3.8, 4) is 0 Å². The van der Waals surface area contributed by atoms with E-state index in [0.717, 1.165) is 37.5 Å². The van der Waals surface area contributed by atoms with Crippen molar-refractivity contribution in [2.75, 3.05) is 12.4 Å². The molecule has 4 amide bonds. The second-order valence-corrected chi connectivity index (χ2v) is 13.3. The molecule has 4 bridgehead atoms. The smallest absolute Gasteiger partial charge is 0.287 e. The number of carbonyl (C=O) groups is 5. The van der Waals surface area contributed by atoms with Crippen molar-refractivity contribution >= 4 is 46.4 Å². The SMILES string of the molecule is CNC(=O)C(=O)CC[C@H](NC(=O)c1sc(C)nc1C)C(=O)Nc1cccn(CC(=O)NC2C3CC4CC(C3)CC2C4)c1=O. The van der Waals surface area contributed by atoms with E-state index >= 15 is 0 Å². The first-order valence-corrected chi connectivity index (χ1v) is 15.6. The topological polar surface area (TPSA) is 168 Å². The fraction of sp³-hybridized carbons (Fsp3) is 0.567. The van der Waals surface area contributed by atoms with Gasteiger partial charge in [0.05, 0.1) is 10.7 Å². The summed E-state index contributed by atoms with van der Waals surface area (Å²) in [6.07, 6.45) is 6.98. The number of aromatic nitrogens is 2. The molecule has 43 heavy (non-hydrogen) atoms. The summed E-state index contributed by atoms with van der Waals surface area (Å²) in [4.78, 5) is 81.0. The number of hydrogen-bond donors (Lipinski definition) is 4. The molecule has 0 radical (unpaired) electrons. The highest BCUT2D eigenvalue weighted by Crippen LogP contribution is 2.53. The third-order valence-corrected chi connectivity index (χ3v) is 10.1. The molecule has 4 aliphatic carbocycles. The molecule has 230 valence electrons. The third kappa shape index (κ3) is 6.87. The summed E-state index contributed by atoms with van der Waals surface area (Å²) in [5.41, 5.74) is -0.147. The largest absolute Gasteiger partial charge is 0.353 e. The Labute approximate surface area is 253 Å². The van der Waals surface area contributed by atoms with Crippen molar-refractivity contribution in [1.29, 1.82) is 0 Å². The van der Waals surface area contributed by atoms with E-state index in [-0.39, 0.29) is 37.0 Å². The molecule has 12 nitrogen and oxygen atoms in total. The molecule has 0 aliphatic heterocycles. The summed E-state index contributed by atoms with van der Waals surface area (Å²) in [5, 5.41) is 11.3. The highest BCUT2D eigenvalue weighted by molar-refractivity contribution is 7.13. The fourth-order valence-electron chi connectivity index (χ4n) is 7.29.